The van der Waals surface area contributed by atoms with Gasteiger partial charge in [0.15, 0.2) is 0 Å². The van der Waals surface area contributed by atoms with Gasteiger partial charge in [0.2, 0.25) is 0 Å². The van der Waals surface area contributed by atoms with Gasteiger partial charge in [-0.05, 0) is 69.5 Å². The zero-order valence-electron chi connectivity index (χ0n) is 15.6. The molecule has 140 valence electrons. The molecule has 0 amide bonds. The van der Waals surface area contributed by atoms with Crippen LogP contribution >= 0.6 is 11.6 Å². The van der Waals surface area contributed by atoms with Crippen LogP contribution in [0.4, 0.5) is 5.69 Å². The second-order valence-electron chi connectivity index (χ2n) is 7.80. The predicted octanol–water partition coefficient (Wildman–Crippen LogP) is 4.36. The van der Waals surface area contributed by atoms with E-state index in [-0.39, 0.29) is 6.04 Å². The van der Waals surface area contributed by atoms with Gasteiger partial charge in [-0.3, -0.25) is 4.98 Å². The first kappa shape index (κ1) is 18.0. The van der Waals surface area contributed by atoms with E-state index >= 15 is 0 Å². The van der Waals surface area contributed by atoms with Gasteiger partial charge < -0.3 is 15.5 Å². The van der Waals surface area contributed by atoms with Gasteiger partial charge in [-0.15, -0.1) is 0 Å². The maximum absolute atomic E-state index is 6.52. The molecule has 1 aromatic heterocycles. The zero-order valence-corrected chi connectivity index (χ0v) is 16.4. The van der Waals surface area contributed by atoms with Gasteiger partial charge in [-0.2, -0.15) is 0 Å². The minimum absolute atomic E-state index is 0.0614. The van der Waals surface area contributed by atoms with Gasteiger partial charge in [0.1, 0.15) is 0 Å². The summed E-state index contributed by atoms with van der Waals surface area (Å²) in [5.74, 6) is 0. The summed E-state index contributed by atoms with van der Waals surface area (Å²) in [7, 11) is 0. The summed E-state index contributed by atoms with van der Waals surface area (Å²) in [5.41, 5.74) is 9.59. The van der Waals surface area contributed by atoms with E-state index in [2.05, 4.69) is 20.9 Å². The highest BCUT2D eigenvalue weighted by molar-refractivity contribution is 6.36. The summed E-state index contributed by atoms with van der Waals surface area (Å²) >= 11 is 6.52. The van der Waals surface area contributed by atoms with E-state index in [0.29, 0.717) is 0 Å². The van der Waals surface area contributed by atoms with Gasteiger partial charge in [-0.1, -0.05) is 18.0 Å². The lowest BCUT2D eigenvalue weighted by atomic mass is 9.96. The number of halogens is 1. The normalized spacial score (nSPS) is 21.3. The number of fused-ring (bicyclic) bond motifs is 1. The molecule has 0 radical (unpaired) electrons. The van der Waals surface area contributed by atoms with Crippen molar-refractivity contribution in [3.8, 4) is 0 Å². The molecule has 3 heterocycles. The highest BCUT2D eigenvalue weighted by atomic mass is 35.5. The van der Waals surface area contributed by atoms with Gasteiger partial charge in [0.05, 0.1) is 16.2 Å². The standard InChI is InChI=1S/C21H29ClN4/c1-15(23)18-14-19(22)17-6-5-9-24-20(17)21(18)26-12-7-16(8-13-26)25-10-3-2-4-11-25/h5-6,9,14-16H,2-4,7-8,10-13,23H2,1H3. The van der Waals surface area contributed by atoms with E-state index in [1.165, 1.54) is 50.9 Å². The predicted molar refractivity (Wildman–Crippen MR) is 110 cm³/mol. The van der Waals surface area contributed by atoms with Crippen LogP contribution in [-0.2, 0) is 0 Å². The molecule has 0 spiro atoms. The highest BCUT2D eigenvalue weighted by Crippen LogP contribution is 2.38. The van der Waals surface area contributed by atoms with Crippen molar-refractivity contribution in [3.63, 3.8) is 0 Å². The van der Waals surface area contributed by atoms with E-state index in [4.69, 9.17) is 17.3 Å². The third kappa shape index (κ3) is 3.42. The van der Waals surface area contributed by atoms with Crippen LogP contribution in [0.5, 0.6) is 0 Å². The number of hydrogen-bond acceptors (Lipinski definition) is 4. The molecular formula is C21H29ClN4. The van der Waals surface area contributed by atoms with Crippen LogP contribution in [0.1, 0.15) is 50.6 Å². The molecule has 5 heteroatoms. The summed E-state index contributed by atoms with van der Waals surface area (Å²) in [6, 6.07) is 6.72. The molecule has 26 heavy (non-hydrogen) atoms. The van der Waals surface area contributed by atoms with Crippen molar-refractivity contribution in [1.82, 2.24) is 9.88 Å². The number of piperidine rings is 2. The summed E-state index contributed by atoms with van der Waals surface area (Å²) in [4.78, 5) is 9.88. The summed E-state index contributed by atoms with van der Waals surface area (Å²) in [5, 5.41) is 1.76. The number of benzene rings is 1. The van der Waals surface area contributed by atoms with Crippen LogP contribution in [0.3, 0.4) is 0 Å². The lowest BCUT2D eigenvalue weighted by Crippen LogP contribution is -2.47. The number of likely N-dealkylation sites (tertiary alicyclic amines) is 1. The summed E-state index contributed by atoms with van der Waals surface area (Å²) in [6.45, 7) is 6.72. The van der Waals surface area contributed by atoms with Gasteiger partial charge in [0, 0.05) is 36.8 Å². The van der Waals surface area contributed by atoms with E-state index in [1.807, 2.05) is 25.3 Å². The number of nitrogens with two attached hydrogens (primary N) is 1. The number of aromatic nitrogens is 1. The van der Waals surface area contributed by atoms with Crippen LogP contribution in [0.2, 0.25) is 5.02 Å². The first-order valence-electron chi connectivity index (χ1n) is 9.97. The van der Waals surface area contributed by atoms with Crippen molar-refractivity contribution in [2.45, 2.75) is 51.1 Å². The number of hydrogen-bond donors (Lipinski definition) is 1. The molecular weight excluding hydrogens is 344 g/mol. The second kappa shape index (κ2) is 7.71. The molecule has 2 aromatic rings. The SMILES string of the molecule is CC(N)c1cc(Cl)c2cccnc2c1N1CCC(N2CCCCC2)CC1. The Morgan fingerprint density at radius 2 is 1.88 bits per heavy atom. The molecule has 2 fully saturated rings. The number of anilines is 1. The van der Waals surface area contributed by atoms with Gasteiger partial charge in [-0.25, -0.2) is 0 Å². The molecule has 4 rings (SSSR count). The molecule has 2 aliphatic heterocycles. The van der Waals surface area contributed by atoms with Crippen LogP contribution in [-0.4, -0.2) is 42.1 Å². The Morgan fingerprint density at radius 1 is 1.15 bits per heavy atom. The molecule has 0 aliphatic carbocycles. The topological polar surface area (TPSA) is 45.4 Å². The lowest BCUT2D eigenvalue weighted by molar-refractivity contribution is 0.141. The zero-order chi connectivity index (χ0) is 18.1. The van der Waals surface area contributed by atoms with Crippen molar-refractivity contribution < 1.29 is 0 Å². The third-order valence-corrected chi connectivity index (χ3v) is 6.34. The lowest BCUT2D eigenvalue weighted by Gasteiger charge is -2.41. The van der Waals surface area contributed by atoms with Crippen LogP contribution in [0.25, 0.3) is 10.9 Å². The number of pyridine rings is 1. The number of rotatable bonds is 3. The van der Waals surface area contributed by atoms with Crippen molar-refractivity contribution in [1.29, 1.82) is 0 Å². The van der Waals surface area contributed by atoms with Crippen LogP contribution < -0.4 is 10.6 Å². The quantitative estimate of drug-likeness (QED) is 0.869. The Kier molecular flexibility index (Phi) is 5.35. The maximum atomic E-state index is 6.52. The maximum Gasteiger partial charge on any atom is 0.0953 e. The fourth-order valence-electron chi connectivity index (χ4n) is 4.62. The average Bonchev–Trinajstić information content (AvgIpc) is 2.69. The Hall–Kier alpha value is -1.36. The van der Waals surface area contributed by atoms with Gasteiger partial charge in [0.25, 0.3) is 0 Å². The van der Waals surface area contributed by atoms with Crippen molar-refractivity contribution >= 4 is 28.2 Å². The molecule has 1 aromatic carbocycles. The summed E-state index contributed by atoms with van der Waals surface area (Å²) in [6.07, 6.45) is 8.41. The molecule has 2 aliphatic rings. The number of nitrogens with zero attached hydrogens (tertiary/aromatic N) is 3. The molecule has 0 bridgehead atoms. The first-order valence-corrected chi connectivity index (χ1v) is 10.3. The third-order valence-electron chi connectivity index (χ3n) is 6.02. The van der Waals surface area contributed by atoms with Crippen LogP contribution in [0.15, 0.2) is 24.4 Å². The molecule has 1 unspecified atom stereocenters. The Morgan fingerprint density at radius 3 is 2.58 bits per heavy atom. The minimum atomic E-state index is -0.0614. The largest absolute Gasteiger partial charge is 0.369 e. The van der Waals surface area contributed by atoms with Crippen molar-refractivity contribution in [3.05, 3.63) is 35.0 Å². The van der Waals surface area contributed by atoms with Crippen LogP contribution in [0, 0.1) is 0 Å². The average molecular weight is 373 g/mol. The van der Waals surface area contributed by atoms with E-state index in [0.717, 1.165) is 40.6 Å². The van der Waals surface area contributed by atoms with E-state index < -0.39 is 0 Å². The molecule has 1 atom stereocenters. The second-order valence-corrected chi connectivity index (χ2v) is 8.21. The fraction of sp³-hybridized carbons (Fsp3) is 0.571. The summed E-state index contributed by atoms with van der Waals surface area (Å²) < 4.78 is 0. The molecule has 2 N–H and O–H groups in total. The molecule has 2 saturated heterocycles. The Labute approximate surface area is 161 Å². The monoisotopic (exact) mass is 372 g/mol. The Bertz CT molecular complexity index is 762. The highest BCUT2D eigenvalue weighted by Gasteiger charge is 2.28. The Balaban J connectivity index is 1.62. The smallest absolute Gasteiger partial charge is 0.0953 e. The van der Waals surface area contributed by atoms with E-state index in [9.17, 15) is 0 Å². The van der Waals surface area contributed by atoms with Crippen molar-refractivity contribution in [2.75, 3.05) is 31.1 Å². The first-order chi connectivity index (χ1) is 12.6. The molecule has 4 nitrogen and oxygen atoms in total. The van der Waals surface area contributed by atoms with Crippen molar-refractivity contribution in [2.24, 2.45) is 5.73 Å². The molecule has 0 saturated carbocycles. The minimum Gasteiger partial charge on any atom is -0.369 e. The van der Waals surface area contributed by atoms with Gasteiger partial charge >= 0.3 is 0 Å². The fourth-order valence-corrected chi connectivity index (χ4v) is 4.89. The van der Waals surface area contributed by atoms with E-state index in [1.54, 1.807) is 0 Å².